The van der Waals surface area contributed by atoms with Crippen molar-refractivity contribution in [2.45, 2.75) is 50.3 Å². The van der Waals surface area contributed by atoms with Crippen LogP contribution in [-0.4, -0.2) is 78.5 Å². The molecular formula is C36H45O9PS2. The average Bonchev–Trinajstić information content (AvgIpc) is 3.03. The lowest BCUT2D eigenvalue weighted by atomic mass is 9.97. The summed E-state index contributed by atoms with van der Waals surface area (Å²) in [6.45, 7) is 10.0. The molecule has 48 heavy (non-hydrogen) atoms. The first kappa shape index (κ1) is 39.2. The zero-order valence-electron chi connectivity index (χ0n) is 28.2. The molecule has 1 atom stereocenters. The maximum atomic E-state index is 13.7. The Morgan fingerprint density at radius 1 is 0.708 bits per heavy atom. The second-order valence-electron chi connectivity index (χ2n) is 12.5. The fourth-order valence-electron chi connectivity index (χ4n) is 4.95. The largest absolute Gasteiger partial charge is 0.463 e. The van der Waals surface area contributed by atoms with E-state index in [4.69, 9.17) is 9.47 Å². The van der Waals surface area contributed by atoms with Gasteiger partial charge in [0.1, 0.15) is 6.61 Å². The van der Waals surface area contributed by atoms with E-state index in [2.05, 4.69) is 0 Å². The Balaban J connectivity index is 1.64. The molecule has 0 spiro atoms. The quantitative estimate of drug-likeness (QED) is 0.0642. The summed E-state index contributed by atoms with van der Waals surface area (Å²) >= 11 is 0. The fourth-order valence-corrected chi connectivity index (χ4v) is 9.21. The average molecular weight is 717 g/mol. The predicted octanol–water partition coefficient (Wildman–Crippen LogP) is 5.91. The van der Waals surface area contributed by atoms with E-state index in [1.165, 1.54) is 48.5 Å². The summed E-state index contributed by atoms with van der Waals surface area (Å²) in [5, 5.41) is 0. The van der Waals surface area contributed by atoms with Crippen LogP contribution in [0.4, 0.5) is 0 Å². The van der Waals surface area contributed by atoms with Crippen molar-refractivity contribution in [3.8, 4) is 0 Å². The first-order valence-electron chi connectivity index (χ1n) is 15.7. The molecule has 0 radical (unpaired) electrons. The summed E-state index contributed by atoms with van der Waals surface area (Å²) in [4.78, 5) is 38.7. The minimum atomic E-state index is -4.02. The summed E-state index contributed by atoms with van der Waals surface area (Å²) in [5.74, 6) is -3.86. The molecular weight excluding hydrogens is 671 g/mol. The maximum Gasteiger partial charge on any atom is 0.311 e. The van der Waals surface area contributed by atoms with Gasteiger partial charge >= 0.3 is 5.97 Å². The number of hydrogen-bond donors (Lipinski definition) is 0. The molecule has 1 unspecified atom stereocenters. The van der Waals surface area contributed by atoms with Crippen LogP contribution in [-0.2, 0) is 33.9 Å². The molecule has 3 aromatic rings. The van der Waals surface area contributed by atoms with Crippen LogP contribution >= 0.6 is 8.58 Å². The lowest BCUT2D eigenvalue weighted by Gasteiger charge is -2.21. The number of sulfone groups is 2. The van der Waals surface area contributed by atoms with Crippen molar-refractivity contribution in [1.82, 2.24) is 0 Å². The second kappa shape index (κ2) is 17.4. The number of esters is 1. The van der Waals surface area contributed by atoms with E-state index in [-0.39, 0.29) is 46.7 Å². The Hall–Kier alpha value is -3.24. The smallest absolute Gasteiger partial charge is 0.311 e. The van der Waals surface area contributed by atoms with Crippen LogP contribution in [0.2, 0.25) is 0 Å². The molecule has 0 aliphatic heterocycles. The van der Waals surface area contributed by atoms with Gasteiger partial charge in [-0.3, -0.25) is 14.4 Å². The normalized spacial score (nSPS) is 12.5. The highest BCUT2D eigenvalue weighted by atomic mass is 32.2. The molecule has 0 aliphatic rings. The number of carbonyl (C=O) groups excluding carboxylic acids is 3. The van der Waals surface area contributed by atoms with Gasteiger partial charge in [0.2, 0.25) is 0 Å². The molecule has 0 saturated heterocycles. The van der Waals surface area contributed by atoms with Crippen molar-refractivity contribution in [2.24, 2.45) is 11.3 Å². The summed E-state index contributed by atoms with van der Waals surface area (Å²) in [6, 6.07) is 18.1. The van der Waals surface area contributed by atoms with E-state index < -0.39 is 48.3 Å². The monoisotopic (exact) mass is 716 g/mol. The highest BCUT2D eigenvalue weighted by Gasteiger charge is 2.33. The Kier molecular flexibility index (Phi) is 14.2. The summed E-state index contributed by atoms with van der Waals surface area (Å²) in [5.41, 5.74) is 1.65. The second-order valence-corrected chi connectivity index (χ2v) is 17.6. The third-order valence-corrected chi connectivity index (χ3v) is 12.7. The number of hydrogen-bond acceptors (Lipinski definition) is 9. The fraction of sp³-hybridized carbons (Fsp3) is 0.417. The van der Waals surface area contributed by atoms with Crippen LogP contribution in [0.3, 0.4) is 0 Å². The number of Topliss-reactive ketones (excluding diaryl/α,β-unsaturated/α-hetero) is 2. The van der Waals surface area contributed by atoms with Gasteiger partial charge in [-0.15, -0.1) is 8.58 Å². The first-order valence-corrected chi connectivity index (χ1v) is 20.7. The van der Waals surface area contributed by atoms with Gasteiger partial charge in [-0.1, -0.05) is 59.7 Å². The van der Waals surface area contributed by atoms with Gasteiger partial charge in [0.15, 0.2) is 31.2 Å². The number of aryl methyl sites for hydroxylation is 2. The van der Waals surface area contributed by atoms with Crippen molar-refractivity contribution in [3.63, 3.8) is 0 Å². The number of ether oxygens (including phenoxy) is 2. The van der Waals surface area contributed by atoms with E-state index in [1.807, 2.05) is 34.4 Å². The lowest BCUT2D eigenvalue weighted by Crippen LogP contribution is -2.31. The molecule has 0 N–H and O–H groups in total. The molecule has 3 aromatic carbocycles. The van der Waals surface area contributed by atoms with E-state index in [1.54, 1.807) is 24.3 Å². The van der Waals surface area contributed by atoms with Gasteiger partial charge in [0.05, 0.1) is 39.2 Å². The molecule has 9 nitrogen and oxygen atoms in total. The summed E-state index contributed by atoms with van der Waals surface area (Å²) < 4.78 is 64.2. The molecule has 0 aromatic heterocycles. The Morgan fingerprint density at radius 3 is 1.67 bits per heavy atom. The summed E-state index contributed by atoms with van der Waals surface area (Å²) in [7, 11) is -7.39. The molecule has 0 heterocycles. The van der Waals surface area contributed by atoms with Crippen LogP contribution in [0.25, 0.3) is 0 Å². The number of carbonyl (C=O) groups is 3. The summed E-state index contributed by atoms with van der Waals surface area (Å²) in [6.07, 6.45) is 1.38. The molecule has 260 valence electrons. The Bertz CT molecular complexity index is 1690. The molecule has 0 fully saturated rings. The molecule has 12 heteroatoms. The van der Waals surface area contributed by atoms with Crippen LogP contribution < -0.4 is 0 Å². The molecule has 0 bridgehead atoms. The molecule has 0 amide bonds. The van der Waals surface area contributed by atoms with Crippen molar-refractivity contribution >= 4 is 45.8 Å². The topological polar surface area (TPSA) is 138 Å². The van der Waals surface area contributed by atoms with Crippen molar-refractivity contribution in [2.75, 3.05) is 44.2 Å². The third-order valence-electron chi connectivity index (χ3n) is 7.79. The molecule has 3 rings (SSSR count). The zero-order chi connectivity index (χ0) is 35.5. The number of benzene rings is 3. The van der Waals surface area contributed by atoms with E-state index in [0.717, 1.165) is 17.3 Å². The minimum Gasteiger partial charge on any atom is -0.463 e. The Labute approximate surface area is 286 Å². The highest BCUT2D eigenvalue weighted by Crippen LogP contribution is 2.25. The SMILES string of the molecule is CPCC(C)(C)C(=O)OCCOCCCC(=O)c1ccc(C(=O)C(CS(=O)(=O)c2ccc(C)cc2)CS(=O)(=O)c2ccc(C)cc2)cc1. The van der Waals surface area contributed by atoms with E-state index in [9.17, 15) is 31.2 Å². The van der Waals surface area contributed by atoms with Gasteiger partial charge in [-0.2, -0.15) is 0 Å². The maximum absolute atomic E-state index is 13.7. The first-order chi connectivity index (χ1) is 22.6. The number of rotatable bonds is 19. The van der Waals surface area contributed by atoms with Crippen LogP contribution in [0, 0.1) is 25.2 Å². The zero-order valence-corrected chi connectivity index (χ0v) is 30.8. The number of ketones is 2. The van der Waals surface area contributed by atoms with Gasteiger partial charge in [-0.05, 0) is 71.2 Å². The molecule has 0 aliphatic carbocycles. The van der Waals surface area contributed by atoms with Crippen LogP contribution in [0.15, 0.2) is 82.6 Å². The van der Waals surface area contributed by atoms with Gasteiger partial charge in [0.25, 0.3) is 0 Å². The van der Waals surface area contributed by atoms with Crippen molar-refractivity contribution < 1.29 is 40.7 Å². The third kappa shape index (κ3) is 11.4. The van der Waals surface area contributed by atoms with E-state index in [0.29, 0.717) is 27.2 Å². The van der Waals surface area contributed by atoms with Gasteiger partial charge in [0, 0.05) is 24.2 Å². The molecule has 0 saturated carbocycles. The van der Waals surface area contributed by atoms with Crippen molar-refractivity contribution in [1.29, 1.82) is 0 Å². The van der Waals surface area contributed by atoms with Crippen molar-refractivity contribution in [3.05, 3.63) is 95.1 Å². The lowest BCUT2D eigenvalue weighted by molar-refractivity contribution is -0.154. The van der Waals surface area contributed by atoms with Crippen LogP contribution in [0.5, 0.6) is 0 Å². The predicted molar refractivity (Wildman–Crippen MR) is 189 cm³/mol. The Morgan fingerprint density at radius 2 is 1.19 bits per heavy atom. The van der Waals surface area contributed by atoms with Gasteiger partial charge < -0.3 is 9.47 Å². The van der Waals surface area contributed by atoms with Gasteiger partial charge in [-0.25, -0.2) is 16.8 Å². The standard InChI is InChI=1S/C36H45O9PS2/c1-26-8-16-31(17-9-26)47(40,41)23-30(24-48(42,43)32-18-10-27(2)11-19-32)34(38)29-14-12-28(13-15-29)33(37)7-6-20-44-21-22-45-35(39)36(3,4)25-46-5/h8-19,30,46H,6-7,20-25H2,1-5H3. The van der Waals surface area contributed by atoms with Crippen LogP contribution in [0.1, 0.15) is 58.5 Å². The highest BCUT2D eigenvalue weighted by molar-refractivity contribution is 7.92. The minimum absolute atomic E-state index is 0.000710. The van der Waals surface area contributed by atoms with E-state index >= 15 is 0 Å².